The Balaban J connectivity index is 1.79. The molecule has 3 aromatic rings. The van der Waals surface area contributed by atoms with E-state index in [9.17, 15) is 4.79 Å². The summed E-state index contributed by atoms with van der Waals surface area (Å²) in [6.45, 7) is 1.78. The summed E-state index contributed by atoms with van der Waals surface area (Å²) < 4.78 is 5.40. The highest BCUT2D eigenvalue weighted by molar-refractivity contribution is 5.96. The number of hydrogen-bond acceptors (Lipinski definition) is 4. The van der Waals surface area contributed by atoms with E-state index in [1.54, 1.807) is 25.1 Å². The number of nitrogens with two attached hydrogens (primary N) is 1. The minimum atomic E-state index is -0.707. The van der Waals surface area contributed by atoms with E-state index in [-0.39, 0.29) is 5.91 Å². The maximum atomic E-state index is 12.2. The van der Waals surface area contributed by atoms with Crippen molar-refractivity contribution < 1.29 is 9.21 Å². The fourth-order valence-corrected chi connectivity index (χ4v) is 2.15. The predicted molar refractivity (Wildman–Crippen MR) is 80.7 cm³/mol. The Labute approximate surface area is 121 Å². The number of hydrogen-bond donors (Lipinski definition) is 2. The molecule has 3 N–H and O–H groups in total. The van der Waals surface area contributed by atoms with E-state index in [2.05, 4.69) is 10.3 Å². The molecule has 2 aromatic carbocycles. The van der Waals surface area contributed by atoms with Gasteiger partial charge in [-0.25, -0.2) is 4.98 Å². The van der Waals surface area contributed by atoms with E-state index >= 15 is 0 Å². The number of amides is 1. The molecule has 0 bridgehead atoms. The summed E-state index contributed by atoms with van der Waals surface area (Å²) in [7, 11) is 0. The zero-order chi connectivity index (χ0) is 14.8. The summed E-state index contributed by atoms with van der Waals surface area (Å²) in [5.41, 5.74) is 8.77. The molecule has 0 unspecified atom stereocenters. The molecular formula is C16H15N3O2. The summed E-state index contributed by atoms with van der Waals surface area (Å²) >= 11 is 0. The van der Waals surface area contributed by atoms with Crippen LogP contribution in [0.5, 0.6) is 0 Å². The van der Waals surface area contributed by atoms with Crippen LogP contribution in [0, 0.1) is 6.92 Å². The van der Waals surface area contributed by atoms with E-state index in [0.717, 1.165) is 5.56 Å². The molecule has 0 fully saturated rings. The van der Waals surface area contributed by atoms with Crippen LogP contribution in [0.3, 0.4) is 0 Å². The summed E-state index contributed by atoms with van der Waals surface area (Å²) in [5, 5.41) is 2.80. The van der Waals surface area contributed by atoms with E-state index in [0.29, 0.717) is 22.7 Å². The zero-order valence-corrected chi connectivity index (χ0v) is 11.5. The number of anilines is 1. The lowest BCUT2D eigenvalue weighted by atomic mass is 10.1. The van der Waals surface area contributed by atoms with Gasteiger partial charge in [-0.15, -0.1) is 0 Å². The van der Waals surface area contributed by atoms with Gasteiger partial charge < -0.3 is 15.5 Å². The van der Waals surface area contributed by atoms with Gasteiger partial charge in [0.05, 0.1) is 0 Å². The van der Waals surface area contributed by atoms with Crippen LogP contribution in [-0.4, -0.2) is 10.9 Å². The number of nitrogens with zero attached hydrogens (tertiary/aromatic N) is 1. The van der Waals surface area contributed by atoms with Crippen molar-refractivity contribution in [3.8, 4) is 0 Å². The SMILES string of the molecule is Cc1nc2cc(NC(=O)[C@@H](N)c3ccccc3)ccc2o1. The van der Waals surface area contributed by atoms with Crippen molar-refractivity contribution in [2.75, 3.05) is 5.32 Å². The fraction of sp³-hybridized carbons (Fsp3) is 0.125. The number of oxazole rings is 1. The minimum absolute atomic E-state index is 0.263. The van der Waals surface area contributed by atoms with Crippen LogP contribution >= 0.6 is 0 Å². The van der Waals surface area contributed by atoms with Crippen LogP contribution < -0.4 is 11.1 Å². The molecule has 5 heteroatoms. The fourth-order valence-electron chi connectivity index (χ4n) is 2.15. The lowest BCUT2D eigenvalue weighted by Gasteiger charge is -2.12. The topological polar surface area (TPSA) is 81.2 Å². The Morgan fingerprint density at radius 2 is 2.00 bits per heavy atom. The van der Waals surface area contributed by atoms with Gasteiger partial charge in [0.15, 0.2) is 11.5 Å². The second-order valence-corrected chi connectivity index (χ2v) is 4.79. The van der Waals surface area contributed by atoms with Gasteiger partial charge in [0.2, 0.25) is 5.91 Å². The smallest absolute Gasteiger partial charge is 0.245 e. The van der Waals surface area contributed by atoms with Gasteiger partial charge in [-0.3, -0.25) is 4.79 Å². The van der Waals surface area contributed by atoms with Crippen LogP contribution in [0.25, 0.3) is 11.1 Å². The van der Waals surface area contributed by atoms with Crippen molar-refractivity contribution in [3.63, 3.8) is 0 Å². The highest BCUT2D eigenvalue weighted by Gasteiger charge is 2.16. The molecule has 21 heavy (non-hydrogen) atoms. The summed E-state index contributed by atoms with van der Waals surface area (Å²) in [6.07, 6.45) is 0. The Morgan fingerprint density at radius 1 is 1.24 bits per heavy atom. The van der Waals surface area contributed by atoms with Gasteiger partial charge in [-0.1, -0.05) is 30.3 Å². The number of nitrogens with one attached hydrogen (secondary N) is 1. The third kappa shape index (κ3) is 2.78. The Hall–Kier alpha value is -2.66. The lowest BCUT2D eigenvalue weighted by Crippen LogP contribution is -2.27. The number of rotatable bonds is 3. The number of fused-ring (bicyclic) bond motifs is 1. The Morgan fingerprint density at radius 3 is 2.76 bits per heavy atom. The second kappa shape index (κ2) is 5.38. The molecule has 0 aliphatic heterocycles. The molecule has 1 heterocycles. The molecule has 0 radical (unpaired) electrons. The van der Waals surface area contributed by atoms with Gasteiger partial charge in [-0.2, -0.15) is 0 Å². The normalized spacial score (nSPS) is 12.3. The van der Waals surface area contributed by atoms with E-state index in [1.165, 1.54) is 0 Å². The third-order valence-corrected chi connectivity index (χ3v) is 3.20. The van der Waals surface area contributed by atoms with Crippen molar-refractivity contribution in [1.29, 1.82) is 0 Å². The van der Waals surface area contributed by atoms with E-state index in [1.807, 2.05) is 30.3 Å². The lowest BCUT2D eigenvalue weighted by molar-refractivity contribution is -0.117. The predicted octanol–water partition coefficient (Wildman–Crippen LogP) is 2.77. The number of benzene rings is 2. The van der Waals surface area contributed by atoms with Crippen LogP contribution in [0.1, 0.15) is 17.5 Å². The first kappa shape index (κ1) is 13.3. The molecular weight excluding hydrogens is 266 g/mol. The average molecular weight is 281 g/mol. The molecule has 106 valence electrons. The molecule has 0 saturated heterocycles. The molecule has 0 aliphatic rings. The first-order valence-electron chi connectivity index (χ1n) is 6.62. The number of aromatic nitrogens is 1. The molecule has 5 nitrogen and oxygen atoms in total. The van der Waals surface area contributed by atoms with Gasteiger partial charge in [-0.05, 0) is 23.8 Å². The van der Waals surface area contributed by atoms with Gasteiger partial charge in [0, 0.05) is 12.6 Å². The van der Waals surface area contributed by atoms with Gasteiger partial charge in [0.25, 0.3) is 0 Å². The van der Waals surface area contributed by atoms with Crippen LogP contribution in [-0.2, 0) is 4.79 Å². The third-order valence-electron chi connectivity index (χ3n) is 3.20. The van der Waals surface area contributed by atoms with Crippen molar-refractivity contribution in [2.24, 2.45) is 5.73 Å². The maximum Gasteiger partial charge on any atom is 0.245 e. The summed E-state index contributed by atoms with van der Waals surface area (Å²) in [6, 6.07) is 13.8. The van der Waals surface area contributed by atoms with Crippen molar-refractivity contribution in [3.05, 3.63) is 60.0 Å². The quantitative estimate of drug-likeness (QED) is 0.773. The highest BCUT2D eigenvalue weighted by Crippen LogP contribution is 2.20. The molecule has 3 rings (SSSR count). The second-order valence-electron chi connectivity index (χ2n) is 4.79. The maximum absolute atomic E-state index is 12.2. The molecule has 1 amide bonds. The average Bonchev–Trinajstić information content (AvgIpc) is 2.86. The van der Waals surface area contributed by atoms with Crippen LogP contribution in [0.15, 0.2) is 52.9 Å². The van der Waals surface area contributed by atoms with Crippen molar-refractivity contribution >= 4 is 22.7 Å². The molecule has 1 aromatic heterocycles. The van der Waals surface area contributed by atoms with Crippen LogP contribution in [0.4, 0.5) is 5.69 Å². The van der Waals surface area contributed by atoms with Crippen molar-refractivity contribution in [2.45, 2.75) is 13.0 Å². The first-order valence-corrected chi connectivity index (χ1v) is 6.62. The Kier molecular flexibility index (Phi) is 3.41. The van der Waals surface area contributed by atoms with E-state index < -0.39 is 6.04 Å². The largest absolute Gasteiger partial charge is 0.441 e. The first-order chi connectivity index (χ1) is 10.1. The minimum Gasteiger partial charge on any atom is -0.441 e. The standard InChI is InChI=1S/C16H15N3O2/c1-10-18-13-9-12(7-8-14(13)21-10)19-16(20)15(17)11-5-3-2-4-6-11/h2-9,15H,17H2,1H3,(H,19,20)/t15-/m0/s1. The summed E-state index contributed by atoms with van der Waals surface area (Å²) in [5.74, 6) is 0.329. The molecule has 0 saturated carbocycles. The monoisotopic (exact) mass is 281 g/mol. The zero-order valence-electron chi connectivity index (χ0n) is 11.5. The van der Waals surface area contributed by atoms with Crippen molar-refractivity contribution in [1.82, 2.24) is 4.98 Å². The molecule has 1 atom stereocenters. The van der Waals surface area contributed by atoms with Gasteiger partial charge in [0.1, 0.15) is 11.6 Å². The highest BCUT2D eigenvalue weighted by atomic mass is 16.3. The van der Waals surface area contributed by atoms with Gasteiger partial charge >= 0.3 is 0 Å². The number of carbonyl (C=O) groups excluding carboxylic acids is 1. The van der Waals surface area contributed by atoms with E-state index in [4.69, 9.17) is 10.2 Å². The molecule has 0 spiro atoms. The summed E-state index contributed by atoms with van der Waals surface area (Å²) in [4.78, 5) is 16.4. The number of aryl methyl sites for hydroxylation is 1. The molecule has 0 aliphatic carbocycles. The number of carbonyl (C=O) groups is 1. The Bertz CT molecular complexity index is 781. The van der Waals surface area contributed by atoms with Crippen LogP contribution in [0.2, 0.25) is 0 Å².